The van der Waals surface area contributed by atoms with E-state index >= 15 is 0 Å². The van der Waals surface area contributed by atoms with Crippen LogP contribution >= 0.6 is 23.4 Å². The quantitative estimate of drug-likeness (QED) is 0.461. The van der Waals surface area contributed by atoms with Gasteiger partial charge in [0.15, 0.2) is 0 Å². The molecule has 7 heteroatoms. The summed E-state index contributed by atoms with van der Waals surface area (Å²) in [6.45, 7) is 1.71. The molecule has 0 saturated heterocycles. The van der Waals surface area contributed by atoms with Crippen molar-refractivity contribution in [2.24, 2.45) is 5.92 Å². The number of hydrogen-bond donors (Lipinski definition) is 3. The van der Waals surface area contributed by atoms with Gasteiger partial charge in [-0.3, -0.25) is 9.59 Å². The van der Waals surface area contributed by atoms with Crippen molar-refractivity contribution >= 4 is 35.1 Å². The van der Waals surface area contributed by atoms with Crippen molar-refractivity contribution in [3.05, 3.63) is 34.9 Å². The van der Waals surface area contributed by atoms with Crippen molar-refractivity contribution in [1.29, 1.82) is 0 Å². The first-order valence-corrected chi connectivity index (χ1v) is 11.2. The Kier molecular flexibility index (Phi) is 8.81. The van der Waals surface area contributed by atoms with Crippen molar-refractivity contribution in [1.82, 2.24) is 0 Å². The van der Waals surface area contributed by atoms with Crippen molar-refractivity contribution in [3.63, 3.8) is 0 Å². The molecular formula is C21H29ClO5S. The largest absolute Gasteiger partial charge is 0.481 e. The lowest BCUT2D eigenvalue weighted by Crippen LogP contribution is -2.30. The Bertz CT molecular complexity index is 679. The number of aliphatic hydroxyl groups excluding tert-OH is 1. The molecule has 1 aromatic carbocycles. The van der Waals surface area contributed by atoms with Gasteiger partial charge in [0.1, 0.15) is 5.78 Å². The van der Waals surface area contributed by atoms with Gasteiger partial charge in [-0.25, -0.2) is 0 Å². The Morgan fingerprint density at radius 1 is 1.29 bits per heavy atom. The number of carbonyl (C=O) groups excluding carboxylic acids is 1. The predicted octanol–water partition coefficient (Wildman–Crippen LogP) is 4.02. The summed E-state index contributed by atoms with van der Waals surface area (Å²) in [7, 11) is 0. The molecule has 2 unspecified atom stereocenters. The van der Waals surface area contributed by atoms with Gasteiger partial charge in [0, 0.05) is 34.8 Å². The molecule has 0 bridgehead atoms. The van der Waals surface area contributed by atoms with E-state index in [1.54, 1.807) is 25.1 Å². The molecule has 28 heavy (non-hydrogen) atoms. The van der Waals surface area contributed by atoms with Crippen LogP contribution in [0.25, 0.3) is 0 Å². The van der Waals surface area contributed by atoms with Crippen molar-refractivity contribution < 1.29 is 24.9 Å². The zero-order valence-corrected chi connectivity index (χ0v) is 17.7. The second-order valence-electron chi connectivity index (χ2n) is 7.75. The van der Waals surface area contributed by atoms with Gasteiger partial charge in [0.05, 0.1) is 11.7 Å². The Labute approximate surface area is 175 Å². The van der Waals surface area contributed by atoms with E-state index in [0.717, 1.165) is 19.3 Å². The minimum absolute atomic E-state index is 0.0814. The van der Waals surface area contributed by atoms with E-state index in [9.17, 15) is 19.8 Å². The van der Waals surface area contributed by atoms with Crippen LogP contribution in [0.5, 0.6) is 0 Å². The molecule has 3 N–H and O–H groups in total. The van der Waals surface area contributed by atoms with Gasteiger partial charge in [-0.2, -0.15) is 11.8 Å². The molecule has 156 valence electrons. The Hall–Kier alpha value is -1.08. The number of aliphatic carboxylic acids is 1. The number of Topliss-reactive ketones (excluding diaryl/α,β-unsaturated/α-hetero) is 1. The first-order chi connectivity index (χ1) is 13.2. The zero-order chi connectivity index (χ0) is 20.7. The van der Waals surface area contributed by atoms with E-state index < -0.39 is 17.7 Å². The highest BCUT2D eigenvalue weighted by Gasteiger charge is 2.42. The van der Waals surface area contributed by atoms with Gasteiger partial charge >= 0.3 is 5.97 Å². The second-order valence-corrected chi connectivity index (χ2v) is 9.35. The van der Waals surface area contributed by atoms with E-state index in [1.165, 1.54) is 11.8 Å². The molecule has 1 saturated carbocycles. The number of ketones is 1. The van der Waals surface area contributed by atoms with Crippen molar-refractivity contribution in [3.8, 4) is 0 Å². The van der Waals surface area contributed by atoms with Gasteiger partial charge in [-0.1, -0.05) is 43.0 Å². The molecule has 1 fully saturated rings. The minimum atomic E-state index is -1.11. The van der Waals surface area contributed by atoms with Gasteiger partial charge < -0.3 is 15.3 Å². The third-order valence-corrected chi connectivity index (χ3v) is 7.25. The highest BCUT2D eigenvalue weighted by molar-refractivity contribution is 8.00. The van der Waals surface area contributed by atoms with Crippen molar-refractivity contribution in [2.45, 2.75) is 68.8 Å². The molecule has 2 rings (SSSR count). The molecule has 0 spiro atoms. The predicted molar refractivity (Wildman–Crippen MR) is 112 cm³/mol. The number of aliphatic hydroxyl groups is 2. The molecule has 4 atom stereocenters. The summed E-state index contributed by atoms with van der Waals surface area (Å²) in [5.74, 6) is -0.554. The average Bonchev–Trinajstić information content (AvgIpc) is 2.89. The zero-order valence-electron chi connectivity index (χ0n) is 16.1. The van der Waals surface area contributed by atoms with Crippen molar-refractivity contribution in [2.75, 3.05) is 5.75 Å². The Morgan fingerprint density at radius 3 is 2.68 bits per heavy atom. The molecule has 1 aromatic rings. The summed E-state index contributed by atoms with van der Waals surface area (Å²) in [4.78, 5) is 22.8. The summed E-state index contributed by atoms with van der Waals surface area (Å²) >= 11 is 7.46. The fourth-order valence-electron chi connectivity index (χ4n) is 3.64. The lowest BCUT2D eigenvalue weighted by atomic mass is 9.97. The number of hydrogen-bond acceptors (Lipinski definition) is 5. The van der Waals surface area contributed by atoms with E-state index in [1.807, 2.05) is 6.07 Å². The van der Waals surface area contributed by atoms with Crippen LogP contribution in [0.2, 0.25) is 5.02 Å². The molecule has 0 amide bonds. The first-order valence-electron chi connectivity index (χ1n) is 9.73. The Balaban J connectivity index is 1.87. The number of thioether (sulfide) groups is 1. The highest BCUT2D eigenvalue weighted by Crippen LogP contribution is 2.39. The summed E-state index contributed by atoms with van der Waals surface area (Å²) < 4.78 is 0. The van der Waals surface area contributed by atoms with E-state index in [2.05, 4.69) is 0 Å². The molecule has 0 aromatic heterocycles. The lowest BCUT2D eigenvalue weighted by molar-refractivity contribution is -0.137. The van der Waals surface area contributed by atoms with Crippen LogP contribution in [-0.4, -0.2) is 44.2 Å². The van der Waals surface area contributed by atoms with Crippen LogP contribution in [0.4, 0.5) is 0 Å². The SMILES string of the molecule is CC(O)(CS[C@H]1C(O)CC(=O)[C@@H]1CCCCCCC(=O)O)c1cccc(Cl)c1. The van der Waals surface area contributed by atoms with Gasteiger partial charge in [0.25, 0.3) is 0 Å². The van der Waals surface area contributed by atoms with E-state index in [4.69, 9.17) is 16.7 Å². The summed E-state index contributed by atoms with van der Waals surface area (Å²) in [5.41, 5.74) is -0.399. The Morgan fingerprint density at radius 2 is 2.00 bits per heavy atom. The van der Waals surface area contributed by atoms with E-state index in [-0.39, 0.29) is 29.8 Å². The van der Waals surface area contributed by atoms with Gasteiger partial charge in [0.2, 0.25) is 0 Å². The monoisotopic (exact) mass is 428 g/mol. The number of halogens is 1. The maximum Gasteiger partial charge on any atom is 0.303 e. The smallest absolute Gasteiger partial charge is 0.303 e. The number of carbonyl (C=O) groups is 2. The maximum atomic E-state index is 12.3. The lowest BCUT2D eigenvalue weighted by Gasteiger charge is -2.28. The van der Waals surface area contributed by atoms with Crippen LogP contribution in [0.1, 0.15) is 57.4 Å². The molecule has 5 nitrogen and oxygen atoms in total. The summed E-state index contributed by atoms with van der Waals surface area (Å²) in [6, 6.07) is 7.09. The molecule has 1 aliphatic rings. The molecule has 0 radical (unpaired) electrons. The molecule has 0 aliphatic heterocycles. The van der Waals surface area contributed by atoms with Crippen LogP contribution in [0.15, 0.2) is 24.3 Å². The molecule has 1 aliphatic carbocycles. The highest BCUT2D eigenvalue weighted by atomic mass is 35.5. The van der Waals surface area contributed by atoms with Crippen LogP contribution in [0, 0.1) is 5.92 Å². The molecular weight excluding hydrogens is 400 g/mol. The topological polar surface area (TPSA) is 94.8 Å². The minimum Gasteiger partial charge on any atom is -0.481 e. The number of benzene rings is 1. The third-order valence-electron chi connectivity index (χ3n) is 5.26. The van der Waals surface area contributed by atoms with Gasteiger partial charge in [-0.05, 0) is 37.5 Å². The van der Waals surface area contributed by atoms with Crippen LogP contribution in [-0.2, 0) is 15.2 Å². The second kappa shape index (κ2) is 10.6. The number of rotatable bonds is 11. The molecule has 0 heterocycles. The van der Waals surface area contributed by atoms with Crippen LogP contribution < -0.4 is 0 Å². The number of carboxylic acid groups (broad SMARTS) is 1. The van der Waals surface area contributed by atoms with E-state index in [0.29, 0.717) is 29.2 Å². The summed E-state index contributed by atoms with van der Waals surface area (Å²) in [5, 5.41) is 30.2. The van der Waals surface area contributed by atoms with Gasteiger partial charge in [-0.15, -0.1) is 0 Å². The normalized spacial score (nSPS) is 24.3. The fourth-order valence-corrected chi connectivity index (χ4v) is 5.35. The first kappa shape index (κ1) is 23.2. The summed E-state index contributed by atoms with van der Waals surface area (Å²) in [6.07, 6.45) is 3.55. The van der Waals surface area contributed by atoms with Crippen LogP contribution in [0.3, 0.4) is 0 Å². The number of carboxylic acids is 1. The fraction of sp³-hybridized carbons (Fsp3) is 0.619. The third kappa shape index (κ3) is 6.76. The standard InChI is InChI=1S/C21H29ClO5S/c1-21(27,14-7-6-8-15(22)11-14)13-28-20-16(17(23)12-18(20)24)9-4-2-3-5-10-19(25)26/h6-8,11,16,18,20,24,27H,2-5,9-10,12-13H2,1H3,(H,25,26)/t16-,18?,20+,21?/m0/s1. The number of unbranched alkanes of at least 4 members (excludes halogenated alkanes) is 3. The maximum absolute atomic E-state index is 12.3. The average molecular weight is 429 g/mol.